The summed E-state index contributed by atoms with van der Waals surface area (Å²) in [6.07, 6.45) is 4.01. The fraction of sp³-hybridized carbons (Fsp3) is 0.643. The lowest BCUT2D eigenvalue weighted by atomic mass is 9.99. The van der Waals surface area contributed by atoms with E-state index >= 15 is 0 Å². The Morgan fingerprint density at radius 1 is 1.52 bits per heavy atom. The lowest BCUT2D eigenvalue weighted by Gasteiger charge is -2.29. The number of rotatable bonds is 5. The molecule has 2 aromatic rings. The molecule has 1 saturated heterocycles. The van der Waals surface area contributed by atoms with Crippen molar-refractivity contribution in [3.8, 4) is 0 Å². The van der Waals surface area contributed by atoms with Crippen molar-refractivity contribution < 1.29 is 0 Å². The number of nitrogens with zero attached hydrogens (tertiary/aromatic N) is 4. The molecule has 0 bridgehead atoms. The summed E-state index contributed by atoms with van der Waals surface area (Å²) in [5.74, 6) is 1.13. The molecule has 1 unspecified atom stereocenters. The van der Waals surface area contributed by atoms with Crippen LogP contribution in [0.15, 0.2) is 17.2 Å². The molecule has 0 radical (unpaired) electrons. The Hall–Kier alpha value is -1.73. The number of hydrogen-bond acceptors (Lipinski definition) is 5. The molecule has 114 valence electrons. The van der Waals surface area contributed by atoms with Gasteiger partial charge in [-0.05, 0) is 38.4 Å². The molecular weight excluding hydrogens is 268 g/mol. The van der Waals surface area contributed by atoms with Gasteiger partial charge in [-0.25, -0.2) is 9.97 Å². The molecule has 0 aromatic carbocycles. The first-order valence-corrected chi connectivity index (χ1v) is 7.61. The maximum absolute atomic E-state index is 11.9. The normalized spacial score (nSPS) is 19.4. The van der Waals surface area contributed by atoms with Crippen LogP contribution in [-0.2, 0) is 6.54 Å². The number of fused-ring (bicyclic) bond motifs is 1. The molecule has 1 fully saturated rings. The summed E-state index contributed by atoms with van der Waals surface area (Å²) in [6, 6.07) is 1.59. The van der Waals surface area contributed by atoms with E-state index in [0.717, 1.165) is 31.9 Å². The summed E-state index contributed by atoms with van der Waals surface area (Å²) in [5, 5.41) is 6.20. The van der Waals surface area contributed by atoms with Crippen molar-refractivity contribution in [2.75, 3.05) is 26.2 Å². The number of aromatic amines is 1. The Balaban J connectivity index is 1.70. The van der Waals surface area contributed by atoms with Crippen LogP contribution in [0, 0.1) is 5.92 Å². The highest BCUT2D eigenvalue weighted by molar-refractivity contribution is 5.25. The van der Waals surface area contributed by atoms with E-state index in [1.54, 1.807) is 6.07 Å². The molecule has 7 nitrogen and oxygen atoms in total. The Bertz CT molecular complexity index is 642. The molecule has 7 heteroatoms. The third kappa shape index (κ3) is 3.30. The van der Waals surface area contributed by atoms with Gasteiger partial charge in [-0.3, -0.25) is 14.8 Å². The molecule has 1 aliphatic rings. The summed E-state index contributed by atoms with van der Waals surface area (Å²) < 4.78 is 1.35. The van der Waals surface area contributed by atoms with E-state index in [1.165, 1.54) is 23.7 Å². The highest BCUT2D eigenvalue weighted by atomic mass is 16.1. The van der Waals surface area contributed by atoms with Gasteiger partial charge in [0, 0.05) is 19.2 Å². The maximum Gasteiger partial charge on any atom is 0.274 e. The lowest BCUT2D eigenvalue weighted by molar-refractivity contribution is 0.208. The Morgan fingerprint density at radius 3 is 3.19 bits per heavy atom. The third-order valence-corrected chi connectivity index (χ3v) is 4.07. The van der Waals surface area contributed by atoms with Gasteiger partial charge in [0.2, 0.25) is 0 Å². The first-order chi connectivity index (χ1) is 10.3. The zero-order chi connectivity index (χ0) is 14.7. The van der Waals surface area contributed by atoms with Crippen LogP contribution in [0.2, 0.25) is 0 Å². The predicted molar refractivity (Wildman–Crippen MR) is 80.2 cm³/mol. The van der Waals surface area contributed by atoms with Crippen LogP contribution >= 0.6 is 0 Å². The molecule has 1 aliphatic heterocycles. The van der Waals surface area contributed by atoms with Crippen molar-refractivity contribution >= 4 is 5.78 Å². The van der Waals surface area contributed by atoms with E-state index < -0.39 is 0 Å². The monoisotopic (exact) mass is 290 g/mol. The van der Waals surface area contributed by atoms with Crippen molar-refractivity contribution in [1.82, 2.24) is 29.8 Å². The van der Waals surface area contributed by atoms with Crippen LogP contribution in [-0.4, -0.2) is 50.7 Å². The average Bonchev–Trinajstić information content (AvgIpc) is 2.96. The van der Waals surface area contributed by atoms with Crippen molar-refractivity contribution in [3.63, 3.8) is 0 Å². The van der Waals surface area contributed by atoms with Gasteiger partial charge in [0.25, 0.3) is 11.3 Å². The van der Waals surface area contributed by atoms with Gasteiger partial charge in [0.15, 0.2) is 0 Å². The van der Waals surface area contributed by atoms with Crippen LogP contribution in [0.5, 0.6) is 0 Å². The van der Waals surface area contributed by atoms with E-state index in [9.17, 15) is 4.79 Å². The lowest BCUT2D eigenvalue weighted by Crippen LogP contribution is -2.38. The minimum absolute atomic E-state index is 0.108. The minimum Gasteiger partial charge on any atom is -0.316 e. The third-order valence-electron chi connectivity index (χ3n) is 4.07. The number of H-pyrrole nitrogens is 1. The average molecular weight is 290 g/mol. The first kappa shape index (κ1) is 14.2. The molecule has 3 heterocycles. The van der Waals surface area contributed by atoms with Crippen LogP contribution in [0.1, 0.15) is 25.5 Å². The second-order valence-corrected chi connectivity index (χ2v) is 5.65. The predicted octanol–water partition coefficient (Wildman–Crippen LogP) is 0.239. The molecule has 2 N–H and O–H groups in total. The van der Waals surface area contributed by atoms with Gasteiger partial charge >= 0.3 is 0 Å². The number of piperidine rings is 1. The van der Waals surface area contributed by atoms with E-state index in [0.29, 0.717) is 18.2 Å². The topological polar surface area (TPSA) is 78.3 Å². The molecule has 0 aliphatic carbocycles. The molecule has 21 heavy (non-hydrogen) atoms. The van der Waals surface area contributed by atoms with Gasteiger partial charge in [0.1, 0.15) is 6.33 Å². The summed E-state index contributed by atoms with van der Waals surface area (Å²) in [4.78, 5) is 22.8. The highest BCUT2D eigenvalue weighted by Gasteiger charge is 2.17. The molecule has 2 aromatic heterocycles. The second-order valence-electron chi connectivity index (χ2n) is 5.65. The quantitative estimate of drug-likeness (QED) is 0.825. The van der Waals surface area contributed by atoms with E-state index in [4.69, 9.17) is 0 Å². The van der Waals surface area contributed by atoms with Crippen molar-refractivity contribution in [1.29, 1.82) is 0 Å². The van der Waals surface area contributed by atoms with Gasteiger partial charge in [-0.15, -0.1) is 0 Å². The Morgan fingerprint density at radius 2 is 2.43 bits per heavy atom. The molecular formula is C14H22N6O. The van der Waals surface area contributed by atoms with Gasteiger partial charge in [-0.2, -0.15) is 4.52 Å². The summed E-state index contributed by atoms with van der Waals surface area (Å²) in [7, 11) is 0. The minimum atomic E-state index is -0.108. The molecule has 3 rings (SSSR count). The molecule has 0 spiro atoms. The second kappa shape index (κ2) is 6.36. The number of nitrogens with one attached hydrogen (secondary N) is 2. The van der Waals surface area contributed by atoms with E-state index in [1.807, 2.05) is 0 Å². The zero-order valence-corrected chi connectivity index (χ0v) is 12.4. The number of hydrogen-bond donors (Lipinski definition) is 2. The maximum atomic E-state index is 11.9. The SMILES string of the molecule is CCN(Cc1cc(=O)n2[nH]cnc2n1)CC1CCCNC1. The van der Waals surface area contributed by atoms with E-state index in [2.05, 4.69) is 32.2 Å². The Labute approximate surface area is 123 Å². The molecule has 1 atom stereocenters. The fourth-order valence-corrected chi connectivity index (χ4v) is 2.93. The summed E-state index contributed by atoms with van der Waals surface area (Å²) in [5.41, 5.74) is 0.681. The van der Waals surface area contributed by atoms with Gasteiger partial charge < -0.3 is 5.32 Å². The van der Waals surface area contributed by atoms with Crippen molar-refractivity contribution in [2.45, 2.75) is 26.3 Å². The Kier molecular flexibility index (Phi) is 4.31. The standard InChI is InChI=1S/C14H22N6O/c1-2-19(8-11-4-3-5-15-7-11)9-12-6-13(21)20-14(18-12)16-10-17-20/h6,10-11,15H,2-5,7-9H2,1H3,(H,16,17,18). The largest absolute Gasteiger partial charge is 0.316 e. The van der Waals surface area contributed by atoms with E-state index in [-0.39, 0.29) is 5.56 Å². The highest BCUT2D eigenvalue weighted by Crippen LogP contribution is 2.13. The molecule has 0 saturated carbocycles. The summed E-state index contributed by atoms with van der Waals surface area (Å²) >= 11 is 0. The van der Waals surface area contributed by atoms with Crippen LogP contribution in [0.4, 0.5) is 0 Å². The zero-order valence-electron chi connectivity index (χ0n) is 12.4. The van der Waals surface area contributed by atoms with Crippen molar-refractivity contribution in [3.05, 3.63) is 28.4 Å². The first-order valence-electron chi connectivity index (χ1n) is 7.61. The van der Waals surface area contributed by atoms with Gasteiger partial charge in [-0.1, -0.05) is 6.92 Å². The van der Waals surface area contributed by atoms with Crippen LogP contribution in [0.25, 0.3) is 5.78 Å². The number of aromatic nitrogens is 4. The smallest absolute Gasteiger partial charge is 0.274 e. The summed E-state index contributed by atoms with van der Waals surface area (Å²) in [6.45, 7) is 7.08. The molecule has 0 amide bonds. The van der Waals surface area contributed by atoms with Crippen molar-refractivity contribution in [2.24, 2.45) is 5.92 Å². The van der Waals surface area contributed by atoms with Crippen LogP contribution < -0.4 is 10.9 Å². The van der Waals surface area contributed by atoms with Gasteiger partial charge in [0.05, 0.1) is 5.69 Å². The fourth-order valence-electron chi connectivity index (χ4n) is 2.93. The van der Waals surface area contributed by atoms with Crippen LogP contribution in [0.3, 0.4) is 0 Å².